The minimum atomic E-state index is -1.85. The van der Waals surface area contributed by atoms with Gasteiger partial charge in [-0.15, -0.1) is 11.3 Å². The van der Waals surface area contributed by atoms with Crippen molar-refractivity contribution in [3.63, 3.8) is 0 Å². The van der Waals surface area contributed by atoms with Crippen LogP contribution >= 0.6 is 11.3 Å². The molecule has 1 saturated carbocycles. The third-order valence-electron chi connectivity index (χ3n) is 5.54. The van der Waals surface area contributed by atoms with Crippen molar-refractivity contribution in [3.05, 3.63) is 41.3 Å². The van der Waals surface area contributed by atoms with E-state index in [1.165, 1.54) is 23.2 Å². The van der Waals surface area contributed by atoms with E-state index in [4.69, 9.17) is 0 Å². The second-order valence-electron chi connectivity index (χ2n) is 8.16. The fourth-order valence-corrected chi connectivity index (χ4v) is 4.88. The topological polar surface area (TPSA) is 37.4 Å². The molecule has 28 heavy (non-hydrogen) atoms. The molecule has 2 aromatic rings. The van der Waals surface area contributed by atoms with Crippen LogP contribution < -0.4 is 4.90 Å². The Hall–Kier alpha value is -2.01. The molecular formula is C23H28FNO2S. The zero-order valence-electron chi connectivity index (χ0n) is 17.0. The van der Waals surface area contributed by atoms with Crippen LogP contribution in [0, 0.1) is 5.92 Å². The van der Waals surface area contributed by atoms with Crippen molar-refractivity contribution in [2.24, 2.45) is 5.92 Å². The average Bonchev–Trinajstić information content (AvgIpc) is 3.10. The maximum atomic E-state index is 15.6. The summed E-state index contributed by atoms with van der Waals surface area (Å²) < 4.78 is 15.6. The molecule has 1 heterocycles. The van der Waals surface area contributed by atoms with Crippen molar-refractivity contribution in [3.8, 4) is 10.4 Å². The fraction of sp³-hybridized carbons (Fsp3) is 0.478. The number of carbonyl (C=O) groups is 2. The van der Waals surface area contributed by atoms with Gasteiger partial charge in [0.1, 0.15) is 0 Å². The van der Waals surface area contributed by atoms with E-state index in [0.29, 0.717) is 29.3 Å². The van der Waals surface area contributed by atoms with E-state index in [1.54, 1.807) is 0 Å². The lowest BCUT2D eigenvalue weighted by atomic mass is 9.80. The number of anilines is 1. The first-order valence-corrected chi connectivity index (χ1v) is 10.8. The molecule has 0 bridgehead atoms. The number of halogens is 1. The first-order valence-electron chi connectivity index (χ1n) is 9.95. The first kappa shape index (κ1) is 20.7. The number of amides is 1. The molecule has 0 saturated heterocycles. The summed E-state index contributed by atoms with van der Waals surface area (Å²) in [7, 11) is 0. The minimum Gasteiger partial charge on any atom is -0.306 e. The monoisotopic (exact) mass is 401 g/mol. The predicted molar refractivity (Wildman–Crippen MR) is 114 cm³/mol. The Bertz CT molecular complexity index is 851. The molecule has 1 aromatic carbocycles. The molecular weight excluding hydrogens is 373 g/mol. The van der Waals surface area contributed by atoms with E-state index in [1.807, 2.05) is 50.2 Å². The molecule has 0 atom stereocenters. The number of alkyl halides is 1. The van der Waals surface area contributed by atoms with E-state index in [9.17, 15) is 9.59 Å². The number of benzene rings is 1. The Morgan fingerprint density at radius 3 is 2.32 bits per heavy atom. The molecule has 1 fully saturated rings. The van der Waals surface area contributed by atoms with Crippen LogP contribution in [0.1, 0.15) is 63.0 Å². The summed E-state index contributed by atoms with van der Waals surface area (Å²) >= 11 is 1.36. The van der Waals surface area contributed by atoms with Crippen LogP contribution in [0.4, 0.5) is 10.1 Å². The summed E-state index contributed by atoms with van der Waals surface area (Å²) in [5, 5.41) is 0. The molecule has 0 radical (unpaired) electrons. The summed E-state index contributed by atoms with van der Waals surface area (Å²) in [5.74, 6) is -0.164. The first-order chi connectivity index (χ1) is 13.2. The molecule has 3 rings (SSSR count). The Labute approximate surface area is 170 Å². The number of rotatable bonds is 5. The van der Waals surface area contributed by atoms with E-state index in [2.05, 4.69) is 6.92 Å². The number of thiophene rings is 1. The zero-order valence-corrected chi connectivity index (χ0v) is 17.8. The van der Waals surface area contributed by atoms with Crippen molar-refractivity contribution < 1.29 is 14.0 Å². The summed E-state index contributed by atoms with van der Waals surface area (Å²) in [6.45, 7) is 7.34. The Morgan fingerprint density at radius 2 is 1.79 bits per heavy atom. The molecule has 150 valence electrons. The number of ketones is 1. The van der Waals surface area contributed by atoms with Gasteiger partial charge in [-0.3, -0.25) is 9.59 Å². The minimum absolute atomic E-state index is 0.106. The highest BCUT2D eigenvalue weighted by Gasteiger charge is 2.45. The lowest BCUT2D eigenvalue weighted by molar-refractivity contribution is -0.133. The van der Waals surface area contributed by atoms with Crippen LogP contribution in [0.3, 0.4) is 0 Å². The SMILES string of the molecule is CC(=O)c1sc(-c2ccccc2)cc1N(C(=O)C1(F)CCC(C)CC1)C(C)C. The molecule has 1 aromatic heterocycles. The van der Waals surface area contributed by atoms with Gasteiger partial charge in [-0.05, 0) is 57.1 Å². The molecule has 1 aliphatic carbocycles. The van der Waals surface area contributed by atoms with E-state index in [0.717, 1.165) is 10.4 Å². The highest BCUT2D eigenvalue weighted by molar-refractivity contribution is 7.18. The third kappa shape index (κ3) is 4.04. The summed E-state index contributed by atoms with van der Waals surface area (Å²) in [6, 6.07) is 11.4. The Balaban J connectivity index is 2.03. The number of carbonyl (C=O) groups excluding carboxylic acids is 2. The van der Waals surface area contributed by atoms with Crippen LogP contribution in [-0.2, 0) is 4.79 Å². The summed E-state index contributed by atoms with van der Waals surface area (Å²) in [5.41, 5.74) is -0.328. The van der Waals surface area contributed by atoms with Crippen molar-refractivity contribution >= 4 is 28.7 Å². The summed E-state index contributed by atoms with van der Waals surface area (Å²) in [4.78, 5) is 28.6. The van der Waals surface area contributed by atoms with Crippen LogP contribution in [-0.4, -0.2) is 23.4 Å². The standard InChI is InChI=1S/C23H28FNO2S/c1-15(2)25(22(27)23(24)12-10-16(3)11-13-23)19-14-20(28-21(19)17(4)26)18-8-6-5-7-9-18/h5-9,14-16H,10-13H2,1-4H3. The number of Topliss-reactive ketones (excluding diaryl/α,β-unsaturated/α-hetero) is 1. The quantitative estimate of drug-likeness (QED) is 0.553. The molecule has 0 aliphatic heterocycles. The van der Waals surface area contributed by atoms with E-state index < -0.39 is 11.6 Å². The van der Waals surface area contributed by atoms with Crippen LogP contribution in [0.2, 0.25) is 0 Å². The van der Waals surface area contributed by atoms with E-state index >= 15 is 4.39 Å². The van der Waals surface area contributed by atoms with Gasteiger partial charge in [-0.25, -0.2) is 4.39 Å². The van der Waals surface area contributed by atoms with Gasteiger partial charge in [-0.1, -0.05) is 37.3 Å². The molecule has 1 amide bonds. The third-order valence-corrected chi connectivity index (χ3v) is 6.81. The molecule has 0 N–H and O–H groups in total. The van der Waals surface area contributed by atoms with Crippen molar-refractivity contribution in [2.45, 2.75) is 65.1 Å². The highest BCUT2D eigenvalue weighted by atomic mass is 32.1. The molecule has 5 heteroatoms. The number of hydrogen-bond acceptors (Lipinski definition) is 3. The fourth-order valence-electron chi connectivity index (χ4n) is 3.83. The van der Waals surface area contributed by atoms with Gasteiger partial charge >= 0.3 is 0 Å². The Kier molecular flexibility index (Phi) is 6.04. The maximum Gasteiger partial charge on any atom is 0.264 e. The van der Waals surface area contributed by atoms with Crippen molar-refractivity contribution in [1.29, 1.82) is 0 Å². The number of nitrogens with zero attached hydrogens (tertiary/aromatic N) is 1. The van der Waals surface area contributed by atoms with Crippen LogP contribution in [0.15, 0.2) is 36.4 Å². The zero-order chi connectivity index (χ0) is 20.5. The van der Waals surface area contributed by atoms with Crippen molar-refractivity contribution in [2.75, 3.05) is 4.90 Å². The van der Waals surface area contributed by atoms with Gasteiger partial charge in [-0.2, -0.15) is 0 Å². The molecule has 0 unspecified atom stereocenters. The van der Waals surface area contributed by atoms with Gasteiger partial charge in [0.15, 0.2) is 11.5 Å². The lowest BCUT2D eigenvalue weighted by Gasteiger charge is -2.37. The van der Waals surface area contributed by atoms with Gasteiger partial charge in [0, 0.05) is 17.8 Å². The van der Waals surface area contributed by atoms with E-state index in [-0.39, 0.29) is 24.7 Å². The van der Waals surface area contributed by atoms with Gasteiger partial charge in [0.2, 0.25) is 0 Å². The van der Waals surface area contributed by atoms with Crippen molar-refractivity contribution in [1.82, 2.24) is 0 Å². The molecule has 1 aliphatic rings. The Morgan fingerprint density at radius 1 is 1.18 bits per heavy atom. The average molecular weight is 402 g/mol. The van der Waals surface area contributed by atoms with Crippen LogP contribution in [0.5, 0.6) is 0 Å². The highest BCUT2D eigenvalue weighted by Crippen LogP contribution is 2.42. The summed E-state index contributed by atoms with van der Waals surface area (Å²) in [6.07, 6.45) is 1.93. The normalized spacial score (nSPS) is 22.3. The largest absolute Gasteiger partial charge is 0.306 e. The van der Waals surface area contributed by atoms with Gasteiger partial charge in [0.25, 0.3) is 5.91 Å². The molecule has 3 nitrogen and oxygen atoms in total. The smallest absolute Gasteiger partial charge is 0.264 e. The second kappa shape index (κ2) is 8.16. The van der Waals surface area contributed by atoms with Gasteiger partial charge < -0.3 is 4.90 Å². The second-order valence-corrected chi connectivity index (χ2v) is 9.22. The lowest BCUT2D eigenvalue weighted by Crippen LogP contribution is -2.51. The van der Waals surface area contributed by atoms with Gasteiger partial charge in [0.05, 0.1) is 10.6 Å². The maximum absolute atomic E-state index is 15.6. The predicted octanol–water partition coefficient (Wildman–Crippen LogP) is 6.28. The molecule has 0 spiro atoms. The van der Waals surface area contributed by atoms with Crippen LogP contribution in [0.25, 0.3) is 10.4 Å². The number of hydrogen-bond donors (Lipinski definition) is 0.